The van der Waals surface area contributed by atoms with E-state index in [1.165, 1.54) is 0 Å². The van der Waals surface area contributed by atoms with Gasteiger partial charge in [0, 0.05) is 50.1 Å². The van der Waals surface area contributed by atoms with E-state index < -0.39 is 6.29 Å². The van der Waals surface area contributed by atoms with Crippen molar-refractivity contribution in [3.63, 3.8) is 0 Å². The first kappa shape index (κ1) is 30.7. The van der Waals surface area contributed by atoms with Crippen LogP contribution in [0.25, 0.3) is 0 Å². The van der Waals surface area contributed by atoms with Crippen molar-refractivity contribution in [2.45, 2.75) is 63.3 Å². The summed E-state index contributed by atoms with van der Waals surface area (Å²) in [6.07, 6.45) is 0.879. The molecule has 6 N–H and O–H groups in total. The number of rotatable bonds is 11. The Kier molecular flexibility index (Phi) is 10.4. The van der Waals surface area contributed by atoms with Gasteiger partial charge in [-0.2, -0.15) is 0 Å². The molecule has 2 amide bonds. The van der Waals surface area contributed by atoms with Crippen molar-refractivity contribution in [1.82, 2.24) is 4.90 Å². The quantitative estimate of drug-likeness (QED) is 0.210. The van der Waals surface area contributed by atoms with Gasteiger partial charge in [0.2, 0.25) is 11.8 Å². The van der Waals surface area contributed by atoms with E-state index in [2.05, 4.69) is 15.5 Å². The minimum absolute atomic E-state index is 0.0219. The summed E-state index contributed by atoms with van der Waals surface area (Å²) >= 11 is 0. The van der Waals surface area contributed by atoms with Crippen molar-refractivity contribution < 1.29 is 29.3 Å². The van der Waals surface area contributed by atoms with E-state index in [4.69, 9.17) is 15.2 Å². The summed E-state index contributed by atoms with van der Waals surface area (Å²) in [4.78, 5) is 27.2. The number of ether oxygens (including phenoxy) is 2. The van der Waals surface area contributed by atoms with Gasteiger partial charge < -0.3 is 36.1 Å². The summed E-state index contributed by atoms with van der Waals surface area (Å²) in [5.74, 6) is -0.389. The molecule has 3 aromatic carbocycles. The molecule has 0 aliphatic carbocycles. The topological polar surface area (TPSA) is 146 Å². The van der Waals surface area contributed by atoms with E-state index in [0.29, 0.717) is 43.0 Å². The first-order valence-electron chi connectivity index (χ1n) is 14.8. The summed E-state index contributed by atoms with van der Waals surface area (Å²) < 4.78 is 12.9. The molecule has 3 aromatic rings. The van der Waals surface area contributed by atoms with Gasteiger partial charge in [-0.15, -0.1) is 0 Å². The number of nitrogens with two attached hydrogens (primary N) is 1. The molecule has 5 rings (SSSR count). The summed E-state index contributed by atoms with van der Waals surface area (Å²) in [7, 11) is 0. The molecule has 0 spiro atoms. The van der Waals surface area contributed by atoms with Crippen LogP contribution in [0.3, 0.4) is 0 Å². The molecular formula is C33H40N4O6. The number of β-amino-alcohol motifs (C(OH)–C–C–N with tert-alkyl or cyclic N) is 1. The molecule has 0 aromatic heterocycles. The maximum Gasteiger partial charge on any atom is 0.224 e. The number of aliphatic hydroxyl groups is 2. The highest BCUT2D eigenvalue weighted by atomic mass is 16.7. The summed E-state index contributed by atoms with van der Waals surface area (Å²) in [6.45, 7) is 2.12. The van der Waals surface area contributed by atoms with E-state index in [1.807, 2.05) is 48.5 Å². The van der Waals surface area contributed by atoms with Gasteiger partial charge in [0.05, 0.1) is 36.3 Å². The lowest BCUT2D eigenvalue weighted by Gasteiger charge is -2.38. The number of nitrogen functional groups attached to an aromatic ring is 1. The van der Waals surface area contributed by atoms with Crippen LogP contribution in [-0.4, -0.2) is 58.8 Å². The fourth-order valence-electron chi connectivity index (χ4n) is 5.52. The average Bonchev–Trinajstić information content (AvgIpc) is 3.42. The molecule has 0 bridgehead atoms. The molecule has 10 heteroatoms. The van der Waals surface area contributed by atoms with Crippen LogP contribution in [0.2, 0.25) is 0 Å². The number of nitrogens with one attached hydrogen (secondary N) is 2. The Balaban J connectivity index is 1.19. The van der Waals surface area contributed by atoms with Crippen LogP contribution in [0, 0.1) is 0 Å². The van der Waals surface area contributed by atoms with Gasteiger partial charge in [0.25, 0.3) is 0 Å². The first-order chi connectivity index (χ1) is 20.9. The second-order valence-electron chi connectivity index (χ2n) is 11.2. The lowest BCUT2D eigenvalue weighted by Crippen LogP contribution is -2.38. The zero-order valence-electron chi connectivity index (χ0n) is 24.2. The highest BCUT2D eigenvalue weighted by Crippen LogP contribution is 2.39. The first-order valence-corrected chi connectivity index (χ1v) is 14.8. The van der Waals surface area contributed by atoms with Crippen molar-refractivity contribution in [3.05, 3.63) is 89.5 Å². The molecule has 2 aliphatic rings. The Morgan fingerprint density at radius 2 is 1.70 bits per heavy atom. The number of aliphatic hydroxyl groups excluding tert-OH is 2. The van der Waals surface area contributed by atoms with Crippen molar-refractivity contribution in [2.24, 2.45) is 0 Å². The molecule has 228 valence electrons. The number of hydrogen-bond acceptors (Lipinski definition) is 8. The Hall–Kier alpha value is -3.80. The standard InChI is InChI=1S/C33H40N4O6/c34-28-7-1-2-8-29(28)36-32(41)10-4-9-31(40)35-25-6-3-5-24(17-25)33-42-27(20-37-16-15-26(39)19-37)18-30(43-33)23-13-11-22(21-38)12-14-23/h1-3,5-8,11-14,17,26-27,30,33,38-39H,4,9-10,15-16,18-21,34H2,(H,35,40)(H,36,41)/t26-,27+,30-,33-/m0/s1. The molecule has 4 atom stereocenters. The number of benzene rings is 3. The molecule has 10 nitrogen and oxygen atoms in total. The Morgan fingerprint density at radius 1 is 0.930 bits per heavy atom. The van der Waals surface area contributed by atoms with Crippen LogP contribution in [0.4, 0.5) is 17.1 Å². The van der Waals surface area contributed by atoms with Gasteiger partial charge in [-0.05, 0) is 48.2 Å². The largest absolute Gasteiger partial charge is 0.397 e. The van der Waals surface area contributed by atoms with Crippen molar-refractivity contribution >= 4 is 28.9 Å². The number of anilines is 3. The highest BCUT2D eigenvalue weighted by molar-refractivity contribution is 5.94. The maximum atomic E-state index is 12.7. The number of amides is 2. The zero-order chi connectivity index (χ0) is 30.2. The minimum atomic E-state index is -0.653. The number of para-hydroxylation sites is 2. The van der Waals surface area contributed by atoms with E-state index in [-0.39, 0.29) is 49.6 Å². The monoisotopic (exact) mass is 588 g/mol. The molecule has 2 aliphatic heterocycles. The van der Waals surface area contributed by atoms with E-state index >= 15 is 0 Å². The van der Waals surface area contributed by atoms with Crippen LogP contribution in [0.1, 0.15) is 61.2 Å². The van der Waals surface area contributed by atoms with Gasteiger partial charge in [0.15, 0.2) is 6.29 Å². The van der Waals surface area contributed by atoms with Crippen LogP contribution >= 0.6 is 0 Å². The lowest BCUT2D eigenvalue weighted by atomic mass is 9.99. The van der Waals surface area contributed by atoms with Crippen LogP contribution < -0.4 is 16.4 Å². The number of likely N-dealkylation sites (tertiary alicyclic amines) is 1. The SMILES string of the molecule is Nc1ccccc1NC(=O)CCCC(=O)Nc1cccc([C@H]2O[C@@H](CN3CC[C@H](O)C3)C[C@@H](c3ccc(CO)cc3)O2)c1. The van der Waals surface area contributed by atoms with Crippen molar-refractivity contribution in [3.8, 4) is 0 Å². The number of hydrogen-bond donors (Lipinski definition) is 5. The van der Waals surface area contributed by atoms with Crippen LogP contribution in [-0.2, 0) is 25.7 Å². The summed E-state index contributed by atoms with van der Waals surface area (Å²) in [6, 6.07) is 22.2. The summed E-state index contributed by atoms with van der Waals surface area (Å²) in [5.41, 5.74) is 10.2. The predicted molar refractivity (Wildman–Crippen MR) is 164 cm³/mol. The number of carbonyl (C=O) groups is 2. The van der Waals surface area contributed by atoms with Gasteiger partial charge in [-0.25, -0.2) is 0 Å². The smallest absolute Gasteiger partial charge is 0.224 e. The molecule has 43 heavy (non-hydrogen) atoms. The second kappa shape index (κ2) is 14.6. The highest BCUT2D eigenvalue weighted by Gasteiger charge is 2.34. The predicted octanol–water partition coefficient (Wildman–Crippen LogP) is 4.12. The molecule has 0 saturated carbocycles. The maximum absolute atomic E-state index is 12.7. The average molecular weight is 589 g/mol. The Bertz CT molecular complexity index is 1380. The number of carbonyl (C=O) groups excluding carboxylic acids is 2. The third kappa shape index (κ3) is 8.62. The lowest BCUT2D eigenvalue weighted by molar-refractivity contribution is -0.252. The Morgan fingerprint density at radius 3 is 2.42 bits per heavy atom. The van der Waals surface area contributed by atoms with E-state index in [0.717, 1.165) is 29.7 Å². The molecular weight excluding hydrogens is 548 g/mol. The van der Waals surface area contributed by atoms with Crippen LogP contribution in [0.15, 0.2) is 72.8 Å². The van der Waals surface area contributed by atoms with Crippen molar-refractivity contribution in [2.75, 3.05) is 36.0 Å². The third-order valence-electron chi connectivity index (χ3n) is 7.81. The van der Waals surface area contributed by atoms with E-state index in [1.54, 1.807) is 24.3 Å². The van der Waals surface area contributed by atoms with E-state index in [9.17, 15) is 19.8 Å². The normalized spacial score (nSPS) is 22.3. The summed E-state index contributed by atoms with van der Waals surface area (Å²) in [5, 5.41) is 25.2. The second-order valence-corrected chi connectivity index (χ2v) is 11.2. The fourth-order valence-corrected chi connectivity index (χ4v) is 5.52. The third-order valence-corrected chi connectivity index (χ3v) is 7.81. The molecule has 2 fully saturated rings. The fraction of sp³-hybridized carbons (Fsp3) is 0.394. The Labute approximate surface area is 251 Å². The number of nitrogens with zero attached hydrogens (tertiary/aromatic N) is 1. The molecule has 0 unspecified atom stereocenters. The molecule has 2 heterocycles. The van der Waals surface area contributed by atoms with Gasteiger partial charge in [-0.1, -0.05) is 48.5 Å². The molecule has 0 radical (unpaired) electrons. The van der Waals surface area contributed by atoms with Gasteiger partial charge >= 0.3 is 0 Å². The minimum Gasteiger partial charge on any atom is -0.397 e. The zero-order valence-corrected chi connectivity index (χ0v) is 24.2. The van der Waals surface area contributed by atoms with Crippen LogP contribution in [0.5, 0.6) is 0 Å². The molecule has 2 saturated heterocycles. The van der Waals surface area contributed by atoms with Gasteiger partial charge in [-0.3, -0.25) is 14.5 Å². The van der Waals surface area contributed by atoms with Crippen molar-refractivity contribution in [1.29, 1.82) is 0 Å². The van der Waals surface area contributed by atoms with Gasteiger partial charge in [0.1, 0.15) is 0 Å².